The summed E-state index contributed by atoms with van der Waals surface area (Å²) < 4.78 is 5.41. The van der Waals surface area contributed by atoms with Crippen LogP contribution in [0.4, 0.5) is 0 Å². The highest BCUT2D eigenvalue weighted by molar-refractivity contribution is 6.30. The lowest BCUT2D eigenvalue weighted by Gasteiger charge is -2.12. The van der Waals surface area contributed by atoms with Gasteiger partial charge in [-0.2, -0.15) is 5.10 Å². The minimum absolute atomic E-state index is 0.303. The number of benzene rings is 2. The SMILES string of the molecule is N/N=C(\C[C@H]1OC(=O)c2ccccc21)c1ccc(Cl)cc1. The molecule has 0 radical (unpaired) electrons. The Hall–Kier alpha value is -2.33. The van der Waals surface area contributed by atoms with E-state index in [0.29, 0.717) is 22.7 Å². The van der Waals surface area contributed by atoms with E-state index in [-0.39, 0.29) is 12.1 Å². The van der Waals surface area contributed by atoms with Crippen LogP contribution in [0.15, 0.2) is 53.6 Å². The van der Waals surface area contributed by atoms with Gasteiger partial charge in [0.25, 0.3) is 0 Å². The number of esters is 1. The largest absolute Gasteiger partial charge is 0.453 e. The van der Waals surface area contributed by atoms with Crippen molar-refractivity contribution in [3.8, 4) is 0 Å². The Morgan fingerprint density at radius 3 is 2.62 bits per heavy atom. The maximum atomic E-state index is 11.8. The van der Waals surface area contributed by atoms with Crippen molar-refractivity contribution in [1.29, 1.82) is 0 Å². The molecule has 0 unspecified atom stereocenters. The standard InChI is InChI=1S/C16H13ClN2O2/c17-11-7-5-10(6-8-11)14(19-18)9-15-12-3-1-2-4-13(12)16(20)21-15/h1-8,15H,9,18H2/b19-14+/t15-/m1/s1. The number of ether oxygens (including phenoxy) is 1. The van der Waals surface area contributed by atoms with Crippen molar-refractivity contribution < 1.29 is 9.53 Å². The molecule has 0 saturated carbocycles. The van der Waals surface area contributed by atoms with Gasteiger partial charge in [-0.25, -0.2) is 4.79 Å². The van der Waals surface area contributed by atoms with Crippen LogP contribution in [0.2, 0.25) is 5.02 Å². The number of halogens is 1. The summed E-state index contributed by atoms with van der Waals surface area (Å²) >= 11 is 5.88. The first-order valence-corrected chi connectivity index (χ1v) is 6.89. The van der Waals surface area contributed by atoms with Crippen molar-refractivity contribution in [3.63, 3.8) is 0 Å². The quantitative estimate of drug-likeness (QED) is 0.409. The molecule has 2 N–H and O–H groups in total. The van der Waals surface area contributed by atoms with Crippen LogP contribution < -0.4 is 5.84 Å². The molecule has 0 saturated heterocycles. The first-order valence-electron chi connectivity index (χ1n) is 6.51. The highest BCUT2D eigenvalue weighted by Crippen LogP contribution is 2.33. The third-order valence-corrected chi connectivity index (χ3v) is 3.74. The van der Waals surface area contributed by atoms with Gasteiger partial charge in [0, 0.05) is 17.0 Å². The maximum Gasteiger partial charge on any atom is 0.339 e. The van der Waals surface area contributed by atoms with Crippen LogP contribution >= 0.6 is 11.6 Å². The van der Waals surface area contributed by atoms with Crippen LogP contribution in [0.3, 0.4) is 0 Å². The molecule has 0 aliphatic carbocycles. The van der Waals surface area contributed by atoms with E-state index in [9.17, 15) is 4.79 Å². The normalized spacial score (nSPS) is 17.5. The molecule has 1 aliphatic rings. The molecule has 21 heavy (non-hydrogen) atoms. The summed E-state index contributed by atoms with van der Waals surface area (Å²) in [5.74, 6) is 5.19. The van der Waals surface area contributed by atoms with E-state index in [4.69, 9.17) is 22.2 Å². The van der Waals surface area contributed by atoms with E-state index in [2.05, 4.69) is 5.10 Å². The van der Waals surface area contributed by atoms with Crippen molar-refractivity contribution in [3.05, 3.63) is 70.2 Å². The van der Waals surface area contributed by atoms with Crippen LogP contribution in [-0.2, 0) is 4.74 Å². The summed E-state index contributed by atoms with van der Waals surface area (Å²) in [7, 11) is 0. The molecule has 106 valence electrons. The van der Waals surface area contributed by atoms with Crippen molar-refractivity contribution in [2.75, 3.05) is 0 Å². The Labute approximate surface area is 127 Å². The summed E-state index contributed by atoms with van der Waals surface area (Å²) in [6, 6.07) is 14.6. The van der Waals surface area contributed by atoms with Gasteiger partial charge in [0.2, 0.25) is 0 Å². The highest BCUT2D eigenvalue weighted by atomic mass is 35.5. The molecule has 5 heteroatoms. The molecular weight excluding hydrogens is 288 g/mol. The highest BCUT2D eigenvalue weighted by Gasteiger charge is 2.31. The van der Waals surface area contributed by atoms with E-state index in [1.807, 2.05) is 30.3 Å². The second kappa shape index (κ2) is 5.58. The second-order valence-electron chi connectivity index (χ2n) is 4.77. The number of nitrogens with zero attached hydrogens (tertiary/aromatic N) is 1. The molecular formula is C16H13ClN2O2. The number of carbonyl (C=O) groups is 1. The molecule has 0 fully saturated rings. The monoisotopic (exact) mass is 300 g/mol. The Morgan fingerprint density at radius 1 is 1.19 bits per heavy atom. The van der Waals surface area contributed by atoms with Gasteiger partial charge in [-0.05, 0) is 23.8 Å². The molecule has 2 aromatic carbocycles. The van der Waals surface area contributed by atoms with E-state index < -0.39 is 0 Å². The summed E-state index contributed by atoms with van der Waals surface area (Å²) in [6.07, 6.45) is 0.0765. The van der Waals surface area contributed by atoms with Gasteiger partial charge in [-0.1, -0.05) is 41.9 Å². The zero-order valence-electron chi connectivity index (χ0n) is 11.1. The van der Waals surface area contributed by atoms with E-state index in [1.165, 1.54) is 0 Å². The van der Waals surface area contributed by atoms with Gasteiger partial charge >= 0.3 is 5.97 Å². The van der Waals surface area contributed by atoms with Crippen molar-refractivity contribution >= 4 is 23.3 Å². The number of hydrogen-bond acceptors (Lipinski definition) is 4. The minimum Gasteiger partial charge on any atom is -0.453 e. The molecule has 2 aromatic rings. The molecule has 0 spiro atoms. The second-order valence-corrected chi connectivity index (χ2v) is 5.20. The summed E-state index contributed by atoms with van der Waals surface area (Å²) in [6.45, 7) is 0. The lowest BCUT2D eigenvalue weighted by molar-refractivity contribution is 0.0400. The Bertz CT molecular complexity index is 710. The number of carbonyl (C=O) groups excluding carboxylic acids is 1. The average molecular weight is 301 g/mol. The predicted molar refractivity (Wildman–Crippen MR) is 81.4 cm³/mol. The smallest absolute Gasteiger partial charge is 0.339 e. The average Bonchev–Trinajstić information content (AvgIpc) is 2.83. The van der Waals surface area contributed by atoms with Crippen molar-refractivity contribution in [1.82, 2.24) is 0 Å². The number of nitrogens with two attached hydrogens (primary N) is 1. The number of hydrogen-bond donors (Lipinski definition) is 1. The lowest BCUT2D eigenvalue weighted by Crippen LogP contribution is -2.11. The lowest BCUT2D eigenvalue weighted by atomic mass is 9.98. The van der Waals surface area contributed by atoms with Gasteiger partial charge in [0.05, 0.1) is 11.3 Å². The third-order valence-electron chi connectivity index (χ3n) is 3.49. The van der Waals surface area contributed by atoms with E-state index in [1.54, 1.807) is 18.2 Å². The summed E-state index contributed by atoms with van der Waals surface area (Å²) in [4.78, 5) is 11.8. The topological polar surface area (TPSA) is 64.7 Å². The van der Waals surface area contributed by atoms with Crippen LogP contribution in [0.1, 0.15) is 34.0 Å². The fraction of sp³-hybridized carbons (Fsp3) is 0.125. The number of rotatable bonds is 3. The Morgan fingerprint density at radius 2 is 1.90 bits per heavy atom. The molecule has 1 atom stereocenters. The van der Waals surface area contributed by atoms with Gasteiger partial charge in [-0.15, -0.1) is 0 Å². The molecule has 1 aliphatic heterocycles. The van der Waals surface area contributed by atoms with Gasteiger partial charge < -0.3 is 10.6 Å². The molecule has 1 heterocycles. The van der Waals surface area contributed by atoms with Gasteiger partial charge in [-0.3, -0.25) is 0 Å². The van der Waals surface area contributed by atoms with Crippen LogP contribution in [-0.4, -0.2) is 11.7 Å². The fourth-order valence-corrected chi connectivity index (χ4v) is 2.56. The first-order chi connectivity index (χ1) is 10.2. The zero-order chi connectivity index (χ0) is 14.8. The van der Waals surface area contributed by atoms with Crippen LogP contribution in [0.5, 0.6) is 0 Å². The number of cyclic esters (lactones) is 1. The maximum absolute atomic E-state index is 11.8. The predicted octanol–water partition coefficient (Wildman–Crippen LogP) is 3.30. The number of fused-ring (bicyclic) bond motifs is 1. The summed E-state index contributed by atoms with van der Waals surface area (Å²) in [5.41, 5.74) is 3.01. The molecule has 0 aromatic heterocycles. The molecule has 0 amide bonds. The fourth-order valence-electron chi connectivity index (χ4n) is 2.43. The minimum atomic E-state index is -0.355. The van der Waals surface area contributed by atoms with Crippen molar-refractivity contribution in [2.24, 2.45) is 10.9 Å². The summed E-state index contributed by atoms with van der Waals surface area (Å²) in [5, 5.41) is 4.48. The van der Waals surface area contributed by atoms with Crippen LogP contribution in [0.25, 0.3) is 0 Å². The number of hydrazone groups is 1. The third kappa shape index (κ3) is 2.62. The Kier molecular flexibility index (Phi) is 3.62. The molecule has 4 nitrogen and oxygen atoms in total. The van der Waals surface area contributed by atoms with Crippen molar-refractivity contribution in [2.45, 2.75) is 12.5 Å². The molecule has 3 rings (SSSR count). The van der Waals surface area contributed by atoms with Gasteiger partial charge in [0.1, 0.15) is 6.10 Å². The van der Waals surface area contributed by atoms with Crippen LogP contribution in [0, 0.1) is 0 Å². The van der Waals surface area contributed by atoms with E-state index >= 15 is 0 Å². The Balaban J connectivity index is 1.86. The first kappa shape index (κ1) is 13.6. The van der Waals surface area contributed by atoms with E-state index in [0.717, 1.165) is 11.1 Å². The zero-order valence-corrected chi connectivity index (χ0v) is 11.9. The molecule has 0 bridgehead atoms. The van der Waals surface area contributed by atoms with Gasteiger partial charge in [0.15, 0.2) is 0 Å².